The van der Waals surface area contributed by atoms with Gasteiger partial charge in [0.15, 0.2) is 0 Å². The summed E-state index contributed by atoms with van der Waals surface area (Å²) in [4.78, 5) is 2.38. The number of nitrogens with one attached hydrogen (secondary N) is 1. The molecule has 0 unspecified atom stereocenters. The lowest BCUT2D eigenvalue weighted by Gasteiger charge is -2.28. The van der Waals surface area contributed by atoms with Crippen LogP contribution in [-0.4, -0.2) is 7.05 Å². The van der Waals surface area contributed by atoms with Crippen LogP contribution in [0.4, 0.5) is 22.7 Å². The molecular formula is C65H58N2. The van der Waals surface area contributed by atoms with E-state index in [2.05, 4.69) is 250 Å². The van der Waals surface area contributed by atoms with Crippen LogP contribution in [0.1, 0.15) is 48.6 Å². The number of benzene rings is 8. The quantitative estimate of drug-likeness (QED) is 0.0917. The highest BCUT2D eigenvalue weighted by atomic mass is 15.1. The number of hydrogen-bond acceptors (Lipinski definition) is 2. The first-order chi connectivity index (χ1) is 32.8. The molecule has 9 rings (SSSR count). The first kappa shape index (κ1) is 45.4. The van der Waals surface area contributed by atoms with Crippen LogP contribution in [0.25, 0.3) is 50.6 Å². The molecule has 67 heavy (non-hydrogen) atoms. The van der Waals surface area contributed by atoms with Crippen molar-refractivity contribution in [2.45, 2.75) is 26.2 Å². The standard InChI is InChI=1S/C52H45N.C13H13N/c1-6-8-11-17-38(3)43-21-16-22-46(36-43)53(47-33-34-51-49(37-47)48-23-14-15-24-50(48)52(51,4)5)45-31-29-42(30-32-45)41-27-25-39(26-28-41)35-44(18-9-7-2)40-19-12-10-13-20-40;1-14-13-9-5-8-12(10-13)11-6-3-2-4-7-11/h6-37H,1-2H2,3-5H3;2-10,14H,1H3/b11-8-,18-9-,38-17+,44-35+;. The second kappa shape index (κ2) is 21.2. The molecule has 2 heteroatoms. The number of fused-ring (bicyclic) bond motifs is 3. The third-order valence-electron chi connectivity index (χ3n) is 12.4. The van der Waals surface area contributed by atoms with Crippen LogP contribution in [0.3, 0.4) is 0 Å². The molecule has 0 saturated carbocycles. The minimum Gasteiger partial charge on any atom is -0.388 e. The van der Waals surface area contributed by atoms with E-state index in [1.807, 2.05) is 43.5 Å². The van der Waals surface area contributed by atoms with Gasteiger partial charge in [0.1, 0.15) is 0 Å². The van der Waals surface area contributed by atoms with Crippen molar-refractivity contribution in [3.8, 4) is 33.4 Å². The number of rotatable bonds is 13. The highest BCUT2D eigenvalue weighted by Gasteiger charge is 2.35. The molecule has 0 fully saturated rings. The zero-order valence-corrected chi connectivity index (χ0v) is 39.0. The van der Waals surface area contributed by atoms with Gasteiger partial charge in [-0.3, -0.25) is 0 Å². The van der Waals surface area contributed by atoms with Gasteiger partial charge in [0.05, 0.1) is 0 Å². The number of allylic oxidation sites excluding steroid dienone is 9. The summed E-state index contributed by atoms with van der Waals surface area (Å²) >= 11 is 0. The summed E-state index contributed by atoms with van der Waals surface area (Å²) in [5, 5.41) is 3.14. The molecule has 1 aliphatic rings. The fourth-order valence-electron chi connectivity index (χ4n) is 8.83. The molecule has 0 saturated heterocycles. The second-order valence-electron chi connectivity index (χ2n) is 17.2. The van der Waals surface area contributed by atoms with Gasteiger partial charge in [-0.1, -0.05) is 221 Å². The highest BCUT2D eigenvalue weighted by molar-refractivity contribution is 5.89. The molecule has 0 amide bonds. The molecule has 0 bridgehead atoms. The van der Waals surface area contributed by atoms with Gasteiger partial charge in [-0.25, -0.2) is 0 Å². The number of anilines is 4. The number of nitrogens with zero attached hydrogens (tertiary/aromatic N) is 1. The molecule has 8 aromatic carbocycles. The summed E-state index contributed by atoms with van der Waals surface area (Å²) < 4.78 is 0. The molecule has 0 aliphatic heterocycles. The van der Waals surface area contributed by atoms with Crippen LogP contribution < -0.4 is 10.2 Å². The monoisotopic (exact) mass is 866 g/mol. The summed E-state index contributed by atoms with van der Waals surface area (Å²) in [5.74, 6) is 0. The Morgan fingerprint density at radius 1 is 0.493 bits per heavy atom. The average Bonchev–Trinajstić information content (AvgIpc) is 3.61. The van der Waals surface area contributed by atoms with Crippen molar-refractivity contribution in [3.63, 3.8) is 0 Å². The van der Waals surface area contributed by atoms with Crippen LogP contribution in [0.15, 0.2) is 256 Å². The van der Waals surface area contributed by atoms with E-state index in [1.54, 1.807) is 6.08 Å². The van der Waals surface area contributed by atoms with Gasteiger partial charge in [0, 0.05) is 35.2 Å². The normalized spacial score (nSPS) is 12.8. The topological polar surface area (TPSA) is 15.3 Å². The van der Waals surface area contributed by atoms with E-state index in [0.29, 0.717) is 0 Å². The third kappa shape index (κ3) is 10.5. The summed E-state index contributed by atoms with van der Waals surface area (Å²) in [5.41, 5.74) is 20.5. The van der Waals surface area contributed by atoms with Crippen molar-refractivity contribution >= 4 is 40.0 Å². The average molecular weight is 867 g/mol. The Balaban J connectivity index is 0.000000370. The first-order valence-corrected chi connectivity index (χ1v) is 23.0. The fraction of sp³-hybridized carbons (Fsp3) is 0.0769. The Kier molecular flexibility index (Phi) is 14.4. The summed E-state index contributed by atoms with van der Waals surface area (Å²) in [6, 6.07) is 71.6. The molecule has 0 spiro atoms. The zero-order chi connectivity index (χ0) is 46.6. The van der Waals surface area contributed by atoms with Gasteiger partial charge in [-0.15, -0.1) is 0 Å². The molecule has 2 nitrogen and oxygen atoms in total. The van der Waals surface area contributed by atoms with Crippen molar-refractivity contribution in [1.29, 1.82) is 0 Å². The van der Waals surface area contributed by atoms with Crippen LogP contribution in [-0.2, 0) is 5.41 Å². The lowest BCUT2D eigenvalue weighted by Crippen LogP contribution is -2.15. The van der Waals surface area contributed by atoms with Crippen LogP contribution in [0, 0.1) is 0 Å². The van der Waals surface area contributed by atoms with Gasteiger partial charge < -0.3 is 10.2 Å². The minimum absolute atomic E-state index is 0.0472. The lowest BCUT2D eigenvalue weighted by molar-refractivity contribution is 0.660. The smallest absolute Gasteiger partial charge is 0.0468 e. The molecule has 1 aliphatic carbocycles. The Bertz CT molecular complexity index is 3090. The van der Waals surface area contributed by atoms with Crippen molar-refractivity contribution < 1.29 is 0 Å². The van der Waals surface area contributed by atoms with E-state index in [9.17, 15) is 0 Å². The molecule has 0 atom stereocenters. The van der Waals surface area contributed by atoms with Crippen LogP contribution in [0.5, 0.6) is 0 Å². The van der Waals surface area contributed by atoms with E-state index in [-0.39, 0.29) is 5.41 Å². The lowest BCUT2D eigenvalue weighted by atomic mass is 9.82. The predicted molar refractivity (Wildman–Crippen MR) is 292 cm³/mol. The van der Waals surface area contributed by atoms with E-state index >= 15 is 0 Å². The molecule has 328 valence electrons. The zero-order valence-electron chi connectivity index (χ0n) is 39.0. The third-order valence-corrected chi connectivity index (χ3v) is 12.4. The predicted octanol–water partition coefficient (Wildman–Crippen LogP) is 18.0. The van der Waals surface area contributed by atoms with E-state index in [4.69, 9.17) is 0 Å². The van der Waals surface area contributed by atoms with E-state index in [0.717, 1.165) is 33.9 Å². The first-order valence-electron chi connectivity index (χ1n) is 23.0. The van der Waals surface area contributed by atoms with Crippen molar-refractivity contribution in [2.24, 2.45) is 0 Å². The molecule has 0 radical (unpaired) electrons. The maximum Gasteiger partial charge on any atom is 0.0468 e. The van der Waals surface area contributed by atoms with Crippen LogP contribution in [0.2, 0.25) is 0 Å². The fourth-order valence-corrected chi connectivity index (χ4v) is 8.83. The highest BCUT2D eigenvalue weighted by Crippen LogP contribution is 2.50. The van der Waals surface area contributed by atoms with Crippen LogP contribution >= 0.6 is 0 Å². The SMILES string of the molecule is C=C/C=C\C=C(/C)c1cccc(N(c2ccc(-c3ccc(/C=C(\C=C/C=C)c4ccccc4)cc3)cc2)c2ccc3c(c2)-c2ccccc2C3(C)C)c1.CNc1cccc(-c2ccccc2)c1. The van der Waals surface area contributed by atoms with Crippen molar-refractivity contribution in [2.75, 3.05) is 17.3 Å². The molecular weight excluding hydrogens is 809 g/mol. The van der Waals surface area contributed by atoms with E-state index in [1.165, 1.54) is 61.2 Å². The minimum atomic E-state index is -0.0472. The van der Waals surface area contributed by atoms with Crippen molar-refractivity contribution in [1.82, 2.24) is 0 Å². The van der Waals surface area contributed by atoms with Gasteiger partial charge in [-0.05, 0) is 134 Å². The summed E-state index contributed by atoms with van der Waals surface area (Å²) in [6.07, 6.45) is 16.1. The van der Waals surface area contributed by atoms with E-state index < -0.39 is 0 Å². The van der Waals surface area contributed by atoms with Gasteiger partial charge >= 0.3 is 0 Å². The second-order valence-corrected chi connectivity index (χ2v) is 17.2. The Hall–Kier alpha value is -8.20. The van der Waals surface area contributed by atoms with Crippen molar-refractivity contribution in [3.05, 3.63) is 284 Å². The largest absolute Gasteiger partial charge is 0.388 e. The molecule has 0 aromatic heterocycles. The number of hydrogen-bond donors (Lipinski definition) is 1. The molecule has 1 N–H and O–H groups in total. The molecule has 0 heterocycles. The maximum atomic E-state index is 3.86. The van der Waals surface area contributed by atoms with Gasteiger partial charge in [-0.2, -0.15) is 0 Å². The molecule has 8 aromatic rings. The Morgan fingerprint density at radius 3 is 1.79 bits per heavy atom. The summed E-state index contributed by atoms with van der Waals surface area (Å²) in [6.45, 7) is 14.5. The summed E-state index contributed by atoms with van der Waals surface area (Å²) in [7, 11) is 1.93. The Labute approximate surface area is 398 Å². The Morgan fingerprint density at radius 2 is 1.07 bits per heavy atom. The maximum absolute atomic E-state index is 3.86. The van der Waals surface area contributed by atoms with Gasteiger partial charge in [0.25, 0.3) is 0 Å². The van der Waals surface area contributed by atoms with Gasteiger partial charge in [0.2, 0.25) is 0 Å².